The first-order valence-corrected chi connectivity index (χ1v) is 7.10. The van der Waals surface area contributed by atoms with Gasteiger partial charge >= 0.3 is 0 Å². The Bertz CT molecular complexity index is 457. The summed E-state index contributed by atoms with van der Waals surface area (Å²) in [6.07, 6.45) is 0. The van der Waals surface area contributed by atoms with Crippen LogP contribution in [0.15, 0.2) is 24.3 Å². The Morgan fingerprint density at radius 3 is 2.40 bits per heavy atom. The summed E-state index contributed by atoms with van der Waals surface area (Å²) in [4.78, 5) is 2.30. The van der Waals surface area contributed by atoms with Crippen LogP contribution in [0, 0.1) is 5.82 Å². The Hall–Kier alpha value is -0.970. The average Bonchev–Trinajstić information content (AvgIpc) is 2.24. The van der Waals surface area contributed by atoms with Crippen molar-refractivity contribution in [2.75, 3.05) is 19.6 Å². The van der Waals surface area contributed by atoms with Crippen molar-refractivity contribution in [3.05, 3.63) is 35.6 Å². The van der Waals surface area contributed by atoms with Crippen molar-refractivity contribution >= 4 is 0 Å². The van der Waals surface area contributed by atoms with Gasteiger partial charge in [0, 0.05) is 25.7 Å². The largest absolute Gasteiger partial charge is 0.367 e. The van der Waals surface area contributed by atoms with Gasteiger partial charge in [-0.2, -0.15) is 0 Å². The SMILES string of the molecule is CC1(C)CN(CC(N)c2cccc(F)c2)CC(C)(C)O1. The molecule has 1 aromatic carbocycles. The Labute approximate surface area is 120 Å². The van der Waals surface area contributed by atoms with Crippen molar-refractivity contribution in [3.63, 3.8) is 0 Å². The van der Waals surface area contributed by atoms with Crippen molar-refractivity contribution < 1.29 is 9.13 Å². The number of ether oxygens (including phenoxy) is 1. The van der Waals surface area contributed by atoms with E-state index in [1.54, 1.807) is 6.07 Å². The molecule has 0 saturated carbocycles. The molecule has 1 aromatic rings. The van der Waals surface area contributed by atoms with Gasteiger partial charge in [-0.25, -0.2) is 4.39 Å². The van der Waals surface area contributed by atoms with Gasteiger partial charge in [0.05, 0.1) is 11.2 Å². The first-order chi connectivity index (χ1) is 9.17. The zero-order valence-electron chi connectivity index (χ0n) is 12.8. The molecule has 3 nitrogen and oxygen atoms in total. The third-order valence-corrected chi connectivity index (χ3v) is 3.49. The van der Waals surface area contributed by atoms with Crippen LogP contribution in [-0.2, 0) is 4.74 Å². The lowest BCUT2D eigenvalue weighted by molar-refractivity contribution is -0.181. The van der Waals surface area contributed by atoms with E-state index in [-0.39, 0.29) is 23.1 Å². The number of benzene rings is 1. The standard InChI is InChI=1S/C16H25FN2O/c1-15(2)10-19(11-16(3,4)20-15)9-14(18)12-6-5-7-13(17)8-12/h5-8,14H,9-11,18H2,1-4H3. The number of halogens is 1. The van der Waals surface area contributed by atoms with Crippen molar-refractivity contribution in [1.82, 2.24) is 4.90 Å². The Balaban J connectivity index is 2.05. The maximum absolute atomic E-state index is 13.3. The summed E-state index contributed by atoms with van der Waals surface area (Å²) in [6, 6.07) is 6.36. The third-order valence-electron chi connectivity index (χ3n) is 3.49. The molecular weight excluding hydrogens is 255 g/mol. The molecule has 112 valence electrons. The van der Waals surface area contributed by atoms with E-state index in [1.165, 1.54) is 12.1 Å². The summed E-state index contributed by atoms with van der Waals surface area (Å²) in [6.45, 7) is 10.7. The van der Waals surface area contributed by atoms with Gasteiger partial charge in [0.15, 0.2) is 0 Å². The molecule has 0 amide bonds. The zero-order chi connectivity index (χ0) is 15.0. The highest BCUT2D eigenvalue weighted by Crippen LogP contribution is 2.29. The van der Waals surface area contributed by atoms with Crippen LogP contribution in [-0.4, -0.2) is 35.7 Å². The monoisotopic (exact) mass is 280 g/mol. The number of nitrogens with two attached hydrogens (primary N) is 1. The molecular formula is C16H25FN2O. The van der Waals surface area contributed by atoms with Crippen LogP contribution in [0.4, 0.5) is 4.39 Å². The maximum Gasteiger partial charge on any atom is 0.123 e. The van der Waals surface area contributed by atoms with Gasteiger partial charge in [-0.1, -0.05) is 12.1 Å². The van der Waals surface area contributed by atoms with E-state index in [0.717, 1.165) is 18.7 Å². The maximum atomic E-state index is 13.3. The van der Waals surface area contributed by atoms with Gasteiger partial charge in [0.2, 0.25) is 0 Å². The minimum atomic E-state index is -0.236. The van der Waals surface area contributed by atoms with Gasteiger partial charge in [0.25, 0.3) is 0 Å². The molecule has 1 aliphatic heterocycles. The van der Waals surface area contributed by atoms with Gasteiger partial charge in [-0.15, -0.1) is 0 Å². The van der Waals surface area contributed by atoms with Crippen molar-refractivity contribution in [2.45, 2.75) is 44.9 Å². The summed E-state index contributed by atoms with van der Waals surface area (Å²) < 4.78 is 19.3. The molecule has 0 radical (unpaired) electrons. The molecule has 0 aliphatic carbocycles. The lowest BCUT2D eigenvalue weighted by Crippen LogP contribution is -2.58. The van der Waals surface area contributed by atoms with Crippen molar-refractivity contribution in [2.24, 2.45) is 5.73 Å². The first-order valence-electron chi connectivity index (χ1n) is 7.10. The summed E-state index contributed by atoms with van der Waals surface area (Å²) in [5.74, 6) is -0.236. The summed E-state index contributed by atoms with van der Waals surface area (Å²) in [5.41, 5.74) is 6.68. The van der Waals surface area contributed by atoms with E-state index >= 15 is 0 Å². The van der Waals surface area contributed by atoms with E-state index in [2.05, 4.69) is 32.6 Å². The van der Waals surface area contributed by atoms with Crippen LogP contribution in [0.3, 0.4) is 0 Å². The molecule has 20 heavy (non-hydrogen) atoms. The fourth-order valence-electron chi connectivity index (χ4n) is 3.20. The van der Waals surface area contributed by atoms with Gasteiger partial charge < -0.3 is 10.5 Å². The number of morpholine rings is 1. The van der Waals surface area contributed by atoms with Crippen molar-refractivity contribution in [1.29, 1.82) is 0 Å². The smallest absolute Gasteiger partial charge is 0.123 e. The molecule has 0 aromatic heterocycles. The first kappa shape index (κ1) is 15.4. The lowest BCUT2D eigenvalue weighted by atomic mass is 9.97. The fraction of sp³-hybridized carbons (Fsp3) is 0.625. The van der Waals surface area contributed by atoms with Crippen LogP contribution in [0.2, 0.25) is 0 Å². The van der Waals surface area contributed by atoms with Gasteiger partial charge in [-0.3, -0.25) is 4.90 Å². The van der Waals surface area contributed by atoms with E-state index in [9.17, 15) is 4.39 Å². The van der Waals surface area contributed by atoms with E-state index < -0.39 is 0 Å². The van der Waals surface area contributed by atoms with Crippen molar-refractivity contribution in [3.8, 4) is 0 Å². The molecule has 1 aliphatic rings. The van der Waals surface area contributed by atoms with Crippen LogP contribution in [0.5, 0.6) is 0 Å². The number of rotatable bonds is 3. The number of nitrogens with zero attached hydrogens (tertiary/aromatic N) is 1. The minimum absolute atomic E-state index is 0.185. The van der Waals surface area contributed by atoms with E-state index in [0.29, 0.717) is 6.54 Å². The predicted octanol–water partition coefficient (Wildman–Crippen LogP) is 2.71. The molecule has 0 bridgehead atoms. The highest BCUT2D eigenvalue weighted by molar-refractivity contribution is 5.20. The molecule has 0 spiro atoms. The van der Waals surface area contributed by atoms with E-state index in [1.807, 2.05) is 6.07 Å². The lowest BCUT2D eigenvalue weighted by Gasteiger charge is -2.47. The Morgan fingerprint density at radius 1 is 1.25 bits per heavy atom. The van der Waals surface area contributed by atoms with Gasteiger partial charge in [0.1, 0.15) is 5.82 Å². The molecule has 1 saturated heterocycles. The van der Waals surface area contributed by atoms with Crippen LogP contribution < -0.4 is 5.73 Å². The summed E-state index contributed by atoms with van der Waals surface area (Å²) in [5, 5.41) is 0. The van der Waals surface area contributed by atoms with Gasteiger partial charge in [-0.05, 0) is 45.4 Å². The summed E-state index contributed by atoms with van der Waals surface area (Å²) in [7, 11) is 0. The predicted molar refractivity (Wildman–Crippen MR) is 79.0 cm³/mol. The highest BCUT2D eigenvalue weighted by atomic mass is 19.1. The number of hydrogen-bond acceptors (Lipinski definition) is 3. The Kier molecular flexibility index (Phi) is 4.19. The second-order valence-electron chi connectivity index (χ2n) is 6.95. The normalized spacial score (nSPS) is 23.5. The molecule has 2 N–H and O–H groups in total. The molecule has 1 heterocycles. The van der Waals surface area contributed by atoms with Crippen LogP contribution in [0.1, 0.15) is 39.3 Å². The van der Waals surface area contributed by atoms with Crippen LogP contribution in [0.25, 0.3) is 0 Å². The van der Waals surface area contributed by atoms with E-state index in [4.69, 9.17) is 10.5 Å². The molecule has 1 unspecified atom stereocenters. The topological polar surface area (TPSA) is 38.5 Å². The average molecular weight is 280 g/mol. The number of hydrogen-bond donors (Lipinski definition) is 1. The molecule has 1 fully saturated rings. The molecule has 2 rings (SSSR count). The second-order valence-corrected chi connectivity index (χ2v) is 6.95. The summed E-state index contributed by atoms with van der Waals surface area (Å²) >= 11 is 0. The highest BCUT2D eigenvalue weighted by Gasteiger charge is 2.38. The third kappa shape index (κ3) is 4.01. The molecule has 1 atom stereocenters. The Morgan fingerprint density at radius 2 is 1.85 bits per heavy atom. The quantitative estimate of drug-likeness (QED) is 0.925. The van der Waals surface area contributed by atoms with Crippen LogP contribution >= 0.6 is 0 Å². The minimum Gasteiger partial charge on any atom is -0.367 e. The second kappa shape index (κ2) is 5.43. The zero-order valence-corrected chi connectivity index (χ0v) is 12.8. The fourth-order valence-corrected chi connectivity index (χ4v) is 3.20. The molecule has 4 heteroatoms.